The molecule has 0 saturated carbocycles. The Morgan fingerprint density at radius 2 is 1.78 bits per heavy atom. The minimum absolute atomic E-state index is 0.0322. The maximum absolute atomic E-state index is 12.9. The lowest BCUT2D eigenvalue weighted by Crippen LogP contribution is -2.27. The molecule has 1 aliphatic heterocycles. The molecular weight excluding hydrogens is 539 g/mol. The Balaban J connectivity index is 1.54. The van der Waals surface area contributed by atoms with Crippen LogP contribution in [0.5, 0.6) is 11.5 Å². The molecular formula is C26H20Cl2N2O6S. The number of imide groups is 1. The summed E-state index contributed by atoms with van der Waals surface area (Å²) >= 11 is 13.2. The van der Waals surface area contributed by atoms with Crippen LogP contribution < -0.4 is 9.47 Å². The zero-order valence-electron chi connectivity index (χ0n) is 19.5. The first kappa shape index (κ1) is 26.5. The van der Waals surface area contributed by atoms with Gasteiger partial charge in [0, 0.05) is 17.2 Å². The number of rotatable bonds is 9. The van der Waals surface area contributed by atoms with Crippen LogP contribution in [0.2, 0.25) is 10.0 Å². The van der Waals surface area contributed by atoms with Crippen molar-refractivity contribution in [1.82, 2.24) is 4.90 Å². The van der Waals surface area contributed by atoms with E-state index in [9.17, 15) is 19.7 Å². The number of thioether (sulfide) groups is 1. The van der Waals surface area contributed by atoms with Gasteiger partial charge in [-0.05, 0) is 65.7 Å². The van der Waals surface area contributed by atoms with Gasteiger partial charge in [0.2, 0.25) is 0 Å². The van der Waals surface area contributed by atoms with Crippen LogP contribution in [0.1, 0.15) is 23.6 Å². The molecule has 0 atom stereocenters. The molecule has 0 spiro atoms. The first-order valence-electron chi connectivity index (χ1n) is 11.1. The third-order valence-corrected chi connectivity index (χ3v) is 6.70. The average molecular weight is 559 g/mol. The molecule has 1 aliphatic rings. The Morgan fingerprint density at radius 1 is 1.03 bits per heavy atom. The van der Waals surface area contributed by atoms with Crippen molar-refractivity contribution >= 4 is 57.9 Å². The fourth-order valence-corrected chi connectivity index (χ4v) is 4.79. The number of amides is 2. The second-order valence-corrected chi connectivity index (χ2v) is 9.71. The molecule has 3 aromatic carbocycles. The van der Waals surface area contributed by atoms with Crippen molar-refractivity contribution in [2.24, 2.45) is 0 Å². The zero-order chi connectivity index (χ0) is 26.5. The van der Waals surface area contributed by atoms with Crippen LogP contribution in [0.15, 0.2) is 65.6 Å². The lowest BCUT2D eigenvalue weighted by Gasteiger charge is -2.15. The van der Waals surface area contributed by atoms with E-state index in [-0.39, 0.29) is 39.8 Å². The second kappa shape index (κ2) is 11.7. The largest absolute Gasteiger partial charge is 0.490 e. The highest BCUT2D eigenvalue weighted by Gasteiger charge is 2.35. The number of carbonyl (C=O) groups excluding carboxylic acids is 2. The van der Waals surface area contributed by atoms with E-state index in [1.54, 1.807) is 61.5 Å². The van der Waals surface area contributed by atoms with Gasteiger partial charge in [-0.2, -0.15) is 0 Å². The summed E-state index contributed by atoms with van der Waals surface area (Å²) in [5.41, 5.74) is 1.87. The molecule has 4 rings (SSSR count). The second-order valence-electron chi connectivity index (χ2n) is 7.87. The lowest BCUT2D eigenvalue weighted by molar-refractivity contribution is -0.384. The molecule has 0 aromatic heterocycles. The number of hydrogen-bond acceptors (Lipinski definition) is 7. The van der Waals surface area contributed by atoms with Crippen LogP contribution in [0, 0.1) is 10.1 Å². The van der Waals surface area contributed by atoms with Crippen molar-refractivity contribution in [2.75, 3.05) is 6.61 Å². The van der Waals surface area contributed by atoms with Crippen LogP contribution in [0.4, 0.5) is 10.5 Å². The SMILES string of the molecule is CCOc1cc(/C=C2/SC(=O)N(Cc3ccc(Cl)cc3)C2=O)cc(Cl)c1OCc1cccc([N+](=O)[O-])c1. The molecule has 190 valence electrons. The van der Waals surface area contributed by atoms with Crippen molar-refractivity contribution in [3.05, 3.63) is 102 Å². The summed E-state index contributed by atoms with van der Waals surface area (Å²) in [6.07, 6.45) is 1.57. The number of nitro groups is 1. The van der Waals surface area contributed by atoms with E-state index in [2.05, 4.69) is 0 Å². The molecule has 0 unspecified atom stereocenters. The summed E-state index contributed by atoms with van der Waals surface area (Å²) < 4.78 is 11.6. The monoisotopic (exact) mass is 558 g/mol. The molecule has 0 aliphatic carbocycles. The van der Waals surface area contributed by atoms with Crippen molar-refractivity contribution < 1.29 is 24.0 Å². The van der Waals surface area contributed by atoms with Crippen molar-refractivity contribution in [3.8, 4) is 11.5 Å². The minimum atomic E-state index is -0.478. The van der Waals surface area contributed by atoms with Crippen LogP contribution in [0.25, 0.3) is 6.08 Å². The van der Waals surface area contributed by atoms with E-state index in [1.165, 1.54) is 17.0 Å². The average Bonchev–Trinajstić information content (AvgIpc) is 3.12. The fraction of sp³-hybridized carbons (Fsp3) is 0.154. The number of carbonyl (C=O) groups is 2. The van der Waals surface area contributed by atoms with Crippen LogP contribution in [-0.4, -0.2) is 27.6 Å². The van der Waals surface area contributed by atoms with Gasteiger partial charge < -0.3 is 9.47 Å². The van der Waals surface area contributed by atoms with E-state index in [4.69, 9.17) is 32.7 Å². The maximum Gasteiger partial charge on any atom is 0.293 e. The van der Waals surface area contributed by atoms with E-state index in [0.29, 0.717) is 28.5 Å². The molecule has 0 bridgehead atoms. The fourth-order valence-electron chi connectivity index (χ4n) is 3.55. The minimum Gasteiger partial charge on any atom is -0.490 e. The summed E-state index contributed by atoms with van der Waals surface area (Å²) in [6.45, 7) is 2.29. The van der Waals surface area contributed by atoms with E-state index >= 15 is 0 Å². The Kier molecular flexibility index (Phi) is 8.38. The Hall–Kier alpha value is -3.53. The standard InChI is InChI=1S/C26H20Cl2N2O6S/c1-2-35-22-12-18(11-21(28)24(22)36-15-17-4-3-5-20(10-17)30(33)34)13-23-25(31)29(26(32)37-23)14-16-6-8-19(27)9-7-16/h3-13H,2,14-15H2,1H3/b23-13+. The first-order valence-corrected chi connectivity index (χ1v) is 12.6. The Bertz CT molecular complexity index is 1390. The highest BCUT2D eigenvalue weighted by Crippen LogP contribution is 2.40. The van der Waals surface area contributed by atoms with Gasteiger partial charge in [-0.3, -0.25) is 24.6 Å². The first-order chi connectivity index (χ1) is 17.7. The molecule has 1 fully saturated rings. The topological polar surface area (TPSA) is 99.0 Å². The van der Waals surface area contributed by atoms with Gasteiger partial charge in [0.1, 0.15) is 6.61 Å². The molecule has 1 heterocycles. The number of halogens is 2. The third kappa shape index (κ3) is 6.43. The molecule has 1 saturated heterocycles. The molecule has 37 heavy (non-hydrogen) atoms. The summed E-state index contributed by atoms with van der Waals surface area (Å²) in [4.78, 5) is 37.4. The van der Waals surface area contributed by atoms with Crippen LogP contribution in [0.3, 0.4) is 0 Å². The highest BCUT2D eigenvalue weighted by atomic mass is 35.5. The number of ether oxygens (including phenoxy) is 2. The van der Waals surface area contributed by atoms with Crippen LogP contribution >= 0.6 is 35.0 Å². The van der Waals surface area contributed by atoms with Crippen molar-refractivity contribution in [2.45, 2.75) is 20.1 Å². The molecule has 0 N–H and O–H groups in total. The number of benzene rings is 3. The third-order valence-electron chi connectivity index (χ3n) is 5.26. The highest BCUT2D eigenvalue weighted by molar-refractivity contribution is 8.18. The predicted molar refractivity (Wildman–Crippen MR) is 143 cm³/mol. The molecule has 3 aromatic rings. The van der Waals surface area contributed by atoms with Gasteiger partial charge in [0.05, 0.1) is 28.0 Å². The molecule has 2 amide bonds. The number of nitro benzene ring substituents is 1. The van der Waals surface area contributed by atoms with E-state index in [1.807, 2.05) is 0 Å². The van der Waals surface area contributed by atoms with Gasteiger partial charge in [-0.25, -0.2) is 0 Å². The van der Waals surface area contributed by atoms with Crippen molar-refractivity contribution in [1.29, 1.82) is 0 Å². The van der Waals surface area contributed by atoms with E-state index < -0.39 is 10.8 Å². The summed E-state index contributed by atoms with van der Waals surface area (Å²) in [5, 5.41) is 11.4. The normalized spacial score (nSPS) is 14.4. The maximum atomic E-state index is 12.9. The van der Waals surface area contributed by atoms with E-state index in [0.717, 1.165) is 17.3 Å². The molecule has 8 nitrogen and oxygen atoms in total. The Labute approximate surface area is 226 Å². The quantitative estimate of drug-likeness (QED) is 0.156. The van der Waals surface area contributed by atoms with Crippen molar-refractivity contribution in [3.63, 3.8) is 0 Å². The Morgan fingerprint density at radius 3 is 2.49 bits per heavy atom. The molecule has 11 heteroatoms. The van der Waals surface area contributed by atoms with Gasteiger partial charge in [0.25, 0.3) is 16.8 Å². The van der Waals surface area contributed by atoms with Gasteiger partial charge in [-0.1, -0.05) is 47.5 Å². The van der Waals surface area contributed by atoms with Gasteiger partial charge >= 0.3 is 0 Å². The zero-order valence-corrected chi connectivity index (χ0v) is 21.8. The van der Waals surface area contributed by atoms with Crippen LogP contribution in [-0.2, 0) is 17.9 Å². The summed E-state index contributed by atoms with van der Waals surface area (Å²) in [5.74, 6) is 0.195. The van der Waals surface area contributed by atoms with Gasteiger partial charge in [0.15, 0.2) is 11.5 Å². The number of nitrogens with zero attached hydrogens (tertiary/aromatic N) is 2. The number of hydrogen-bond donors (Lipinski definition) is 0. The lowest BCUT2D eigenvalue weighted by atomic mass is 10.1. The predicted octanol–water partition coefficient (Wildman–Crippen LogP) is 7.12. The molecule has 0 radical (unpaired) electrons. The summed E-state index contributed by atoms with van der Waals surface area (Å²) in [7, 11) is 0. The van der Waals surface area contributed by atoms with Gasteiger partial charge in [-0.15, -0.1) is 0 Å². The smallest absolute Gasteiger partial charge is 0.293 e. The number of non-ortho nitro benzene ring substituents is 1. The summed E-state index contributed by atoms with van der Waals surface area (Å²) in [6, 6.07) is 16.3.